The number of carbonyl (C=O) groups excluding carboxylic acids is 3. The van der Waals surface area contributed by atoms with Crippen LogP contribution in [-0.2, 0) is 25.5 Å². The van der Waals surface area contributed by atoms with Crippen molar-refractivity contribution in [3.63, 3.8) is 0 Å². The largest absolute Gasteiger partial charge is 0.470 e. The zero-order valence-corrected chi connectivity index (χ0v) is 21.3. The number of hydrogen-bond acceptors (Lipinski definition) is 8. The number of hydrogen-bond donors (Lipinski definition) is 0. The molecule has 0 N–H and O–H groups in total. The topological polar surface area (TPSA) is 101 Å². The number of carbonyl (C=O) groups is 3. The van der Waals surface area contributed by atoms with Gasteiger partial charge in [0, 0.05) is 11.1 Å². The predicted octanol–water partition coefficient (Wildman–Crippen LogP) is 4.40. The molecule has 0 aliphatic rings. The number of nitrogens with zero attached hydrogens (tertiary/aromatic N) is 1. The number of thiazole rings is 1. The molecule has 4 aromatic rings. The van der Waals surface area contributed by atoms with Crippen LogP contribution in [0.3, 0.4) is 0 Å². The van der Waals surface area contributed by atoms with Crippen molar-refractivity contribution in [2.24, 2.45) is 5.92 Å². The minimum Gasteiger partial charge on any atom is -0.470 e. The van der Waals surface area contributed by atoms with Crippen molar-refractivity contribution in [2.75, 3.05) is 14.2 Å². The molecule has 0 saturated carbocycles. The summed E-state index contributed by atoms with van der Waals surface area (Å²) in [6.07, 6.45) is -0.505. The molecule has 0 saturated heterocycles. The third kappa shape index (κ3) is 5.62. The van der Waals surface area contributed by atoms with Crippen molar-refractivity contribution in [3.8, 4) is 5.75 Å². The molecule has 0 spiro atoms. The highest BCUT2D eigenvalue weighted by Gasteiger charge is 2.28. The number of benzene rings is 3. The summed E-state index contributed by atoms with van der Waals surface area (Å²) in [6, 6.07) is 21.0. The van der Waals surface area contributed by atoms with Gasteiger partial charge in [0.15, 0.2) is 17.9 Å². The van der Waals surface area contributed by atoms with E-state index in [9.17, 15) is 19.2 Å². The summed E-state index contributed by atoms with van der Waals surface area (Å²) in [5, 5.41) is 0. The fraction of sp³-hybridized carbons (Fsp3) is 0.214. The van der Waals surface area contributed by atoms with Gasteiger partial charge in [-0.25, -0.2) is 0 Å². The summed E-state index contributed by atoms with van der Waals surface area (Å²) in [4.78, 5) is 49.3. The minimum atomic E-state index is -1.06. The van der Waals surface area contributed by atoms with Gasteiger partial charge in [0.25, 0.3) is 0 Å². The van der Waals surface area contributed by atoms with Crippen LogP contribution < -0.4 is 9.61 Å². The lowest BCUT2D eigenvalue weighted by molar-refractivity contribution is -0.158. The minimum absolute atomic E-state index is 0.110. The first-order valence-electron chi connectivity index (χ1n) is 11.5. The van der Waals surface area contributed by atoms with Gasteiger partial charge in [-0.15, -0.1) is 0 Å². The van der Waals surface area contributed by atoms with E-state index < -0.39 is 24.1 Å². The van der Waals surface area contributed by atoms with Crippen LogP contribution in [0.15, 0.2) is 77.6 Å². The molecular formula is C28H25NO7S. The van der Waals surface area contributed by atoms with Gasteiger partial charge in [0.05, 0.1) is 24.4 Å². The van der Waals surface area contributed by atoms with Gasteiger partial charge >= 0.3 is 16.8 Å². The van der Waals surface area contributed by atoms with E-state index in [1.165, 1.54) is 18.8 Å². The van der Waals surface area contributed by atoms with Crippen LogP contribution in [0.4, 0.5) is 0 Å². The Labute approximate surface area is 217 Å². The summed E-state index contributed by atoms with van der Waals surface area (Å²) >= 11 is 1.05. The number of ether oxygens (including phenoxy) is 3. The molecule has 3 aromatic carbocycles. The van der Waals surface area contributed by atoms with Gasteiger partial charge in [-0.2, -0.15) is 0 Å². The number of methoxy groups -OCH3 is 2. The highest BCUT2D eigenvalue weighted by atomic mass is 32.1. The average molecular weight is 520 g/mol. The Morgan fingerprint density at radius 3 is 2.14 bits per heavy atom. The van der Waals surface area contributed by atoms with Crippen LogP contribution in [0.25, 0.3) is 10.2 Å². The number of fused-ring (bicyclic) bond motifs is 1. The standard InChI is InChI=1S/C28H25NO7S/c1-17(36-21-12-9-18(10-13-21)15-22(26(31)34-2)27(32)35-3)29-23-14-11-20(16-24(23)37-28(29)33)25(30)19-7-5-4-6-8-19/h4-14,16-17,22H,15H2,1-3H3. The molecule has 37 heavy (non-hydrogen) atoms. The second-order valence-corrected chi connectivity index (χ2v) is 9.27. The molecule has 190 valence electrons. The first kappa shape index (κ1) is 25.8. The summed E-state index contributed by atoms with van der Waals surface area (Å²) in [5.74, 6) is -2.00. The zero-order valence-electron chi connectivity index (χ0n) is 20.5. The van der Waals surface area contributed by atoms with Crippen molar-refractivity contribution in [1.82, 2.24) is 4.57 Å². The molecule has 9 heteroatoms. The van der Waals surface area contributed by atoms with Crippen molar-refractivity contribution < 1.29 is 28.6 Å². The third-order valence-electron chi connectivity index (χ3n) is 5.92. The Kier molecular flexibility index (Phi) is 7.83. The molecular weight excluding hydrogens is 494 g/mol. The third-order valence-corrected chi connectivity index (χ3v) is 6.83. The van der Waals surface area contributed by atoms with Gasteiger partial charge in [0.2, 0.25) is 0 Å². The van der Waals surface area contributed by atoms with Gasteiger partial charge in [-0.1, -0.05) is 53.8 Å². The number of ketones is 1. The van der Waals surface area contributed by atoms with Crippen LogP contribution in [0, 0.1) is 5.92 Å². The van der Waals surface area contributed by atoms with Crippen molar-refractivity contribution in [1.29, 1.82) is 0 Å². The van der Waals surface area contributed by atoms with Gasteiger partial charge in [-0.3, -0.25) is 23.7 Å². The molecule has 1 unspecified atom stereocenters. The predicted molar refractivity (Wildman–Crippen MR) is 139 cm³/mol. The zero-order chi connectivity index (χ0) is 26.5. The van der Waals surface area contributed by atoms with Crippen LogP contribution in [0.5, 0.6) is 5.75 Å². The van der Waals surface area contributed by atoms with Gasteiger partial charge < -0.3 is 14.2 Å². The molecule has 1 atom stereocenters. The van der Waals surface area contributed by atoms with E-state index in [-0.39, 0.29) is 17.1 Å². The van der Waals surface area contributed by atoms with E-state index in [0.29, 0.717) is 27.1 Å². The lowest BCUT2D eigenvalue weighted by Gasteiger charge is -2.17. The number of aromatic nitrogens is 1. The molecule has 1 aromatic heterocycles. The van der Waals surface area contributed by atoms with E-state index in [1.807, 2.05) is 18.2 Å². The molecule has 0 bridgehead atoms. The van der Waals surface area contributed by atoms with Crippen LogP contribution >= 0.6 is 11.3 Å². The van der Waals surface area contributed by atoms with E-state index in [2.05, 4.69) is 0 Å². The lowest BCUT2D eigenvalue weighted by Crippen LogP contribution is -2.28. The maximum atomic E-state index is 12.8. The maximum Gasteiger partial charge on any atom is 0.320 e. The lowest BCUT2D eigenvalue weighted by atomic mass is 9.99. The normalized spacial score (nSPS) is 11.8. The van der Waals surface area contributed by atoms with E-state index in [4.69, 9.17) is 14.2 Å². The van der Waals surface area contributed by atoms with Gasteiger partial charge in [0.1, 0.15) is 5.75 Å². The molecule has 0 aliphatic heterocycles. The fourth-order valence-electron chi connectivity index (χ4n) is 4.02. The Balaban J connectivity index is 1.51. The van der Waals surface area contributed by atoms with E-state index >= 15 is 0 Å². The summed E-state index contributed by atoms with van der Waals surface area (Å²) in [6.45, 7) is 1.76. The second kappa shape index (κ2) is 11.2. The molecule has 0 radical (unpaired) electrons. The Morgan fingerprint density at radius 2 is 1.51 bits per heavy atom. The van der Waals surface area contributed by atoms with E-state index in [0.717, 1.165) is 16.9 Å². The Hall–Kier alpha value is -4.24. The number of esters is 2. The summed E-state index contributed by atoms with van der Waals surface area (Å²) in [7, 11) is 2.43. The molecule has 0 amide bonds. The van der Waals surface area contributed by atoms with Crippen molar-refractivity contribution in [2.45, 2.75) is 19.6 Å². The first-order valence-corrected chi connectivity index (χ1v) is 12.3. The Bertz CT molecular complexity index is 1470. The highest BCUT2D eigenvalue weighted by Crippen LogP contribution is 2.26. The summed E-state index contributed by atoms with van der Waals surface area (Å²) < 4.78 is 17.6. The average Bonchev–Trinajstić information content (AvgIpc) is 3.26. The van der Waals surface area contributed by atoms with E-state index in [1.54, 1.807) is 61.5 Å². The highest BCUT2D eigenvalue weighted by molar-refractivity contribution is 7.16. The Morgan fingerprint density at radius 1 is 0.865 bits per heavy atom. The van der Waals surface area contributed by atoms with Crippen LogP contribution in [-0.4, -0.2) is 36.5 Å². The maximum absolute atomic E-state index is 12.8. The van der Waals surface area contributed by atoms with Crippen LogP contribution in [0.1, 0.15) is 34.6 Å². The first-order chi connectivity index (χ1) is 17.8. The molecule has 0 fully saturated rings. The second-order valence-electron chi connectivity index (χ2n) is 8.28. The van der Waals surface area contributed by atoms with Crippen molar-refractivity contribution >= 4 is 39.3 Å². The molecule has 0 aliphatic carbocycles. The molecule has 8 nitrogen and oxygen atoms in total. The van der Waals surface area contributed by atoms with Crippen LogP contribution in [0.2, 0.25) is 0 Å². The molecule has 1 heterocycles. The number of rotatable bonds is 9. The monoisotopic (exact) mass is 519 g/mol. The van der Waals surface area contributed by atoms with Gasteiger partial charge in [-0.05, 0) is 49.2 Å². The fourth-order valence-corrected chi connectivity index (χ4v) is 5.01. The summed E-state index contributed by atoms with van der Waals surface area (Å²) in [5.41, 5.74) is 2.48. The smallest absolute Gasteiger partial charge is 0.320 e. The quantitative estimate of drug-likeness (QED) is 0.184. The molecule has 4 rings (SSSR count). The SMILES string of the molecule is COC(=O)C(Cc1ccc(OC(C)n2c(=O)sc3cc(C(=O)c4ccccc4)ccc32)cc1)C(=O)OC. The van der Waals surface area contributed by atoms with Crippen molar-refractivity contribution in [3.05, 3.63) is 99.2 Å².